The summed E-state index contributed by atoms with van der Waals surface area (Å²) in [6, 6.07) is 7.07. The Labute approximate surface area is 107 Å². The van der Waals surface area contributed by atoms with Crippen LogP contribution in [0.3, 0.4) is 0 Å². The SMILES string of the molecule is O=C(O)NC(CCI)c1cccc(Cl)c1. The van der Waals surface area contributed by atoms with Gasteiger partial charge in [0.15, 0.2) is 0 Å². The predicted molar refractivity (Wildman–Crippen MR) is 68.9 cm³/mol. The van der Waals surface area contributed by atoms with Crippen molar-refractivity contribution in [2.24, 2.45) is 0 Å². The van der Waals surface area contributed by atoms with Crippen LogP contribution in [-0.2, 0) is 0 Å². The van der Waals surface area contributed by atoms with E-state index in [4.69, 9.17) is 16.7 Å². The van der Waals surface area contributed by atoms with Gasteiger partial charge in [-0.15, -0.1) is 0 Å². The Bertz CT molecular complexity index is 346. The molecule has 0 aliphatic carbocycles. The normalized spacial score (nSPS) is 12.1. The highest BCUT2D eigenvalue weighted by Gasteiger charge is 2.13. The zero-order valence-corrected chi connectivity index (χ0v) is 10.8. The number of hydrogen-bond donors (Lipinski definition) is 2. The van der Waals surface area contributed by atoms with Crippen molar-refractivity contribution in [1.82, 2.24) is 5.32 Å². The smallest absolute Gasteiger partial charge is 0.405 e. The minimum Gasteiger partial charge on any atom is -0.465 e. The highest BCUT2D eigenvalue weighted by molar-refractivity contribution is 14.1. The Balaban J connectivity index is 2.83. The zero-order valence-electron chi connectivity index (χ0n) is 7.91. The van der Waals surface area contributed by atoms with Crippen LogP contribution in [-0.4, -0.2) is 15.6 Å². The standard InChI is InChI=1S/C10H11ClINO2/c11-8-3-1-2-7(6-8)9(4-5-12)13-10(14)15/h1-3,6,9,13H,4-5H2,(H,14,15). The summed E-state index contributed by atoms with van der Waals surface area (Å²) in [5.74, 6) is 0. The molecule has 0 radical (unpaired) electrons. The van der Waals surface area contributed by atoms with Gasteiger partial charge in [-0.05, 0) is 24.1 Å². The monoisotopic (exact) mass is 339 g/mol. The first-order valence-corrected chi connectivity index (χ1v) is 6.34. The molecule has 0 fully saturated rings. The number of carboxylic acid groups (broad SMARTS) is 1. The van der Waals surface area contributed by atoms with Gasteiger partial charge in [0.2, 0.25) is 0 Å². The van der Waals surface area contributed by atoms with Crippen molar-refractivity contribution >= 4 is 40.3 Å². The van der Waals surface area contributed by atoms with Crippen molar-refractivity contribution in [3.8, 4) is 0 Å². The summed E-state index contributed by atoms with van der Waals surface area (Å²) >= 11 is 8.07. The van der Waals surface area contributed by atoms with Gasteiger partial charge >= 0.3 is 6.09 Å². The van der Waals surface area contributed by atoms with Crippen molar-refractivity contribution in [1.29, 1.82) is 0 Å². The van der Waals surface area contributed by atoms with Crippen LogP contribution < -0.4 is 5.32 Å². The molecule has 1 atom stereocenters. The second-order valence-corrected chi connectivity index (χ2v) is 4.55. The molecule has 0 aliphatic heterocycles. The van der Waals surface area contributed by atoms with Gasteiger partial charge in [0.1, 0.15) is 0 Å². The van der Waals surface area contributed by atoms with Crippen LogP contribution in [0.2, 0.25) is 5.02 Å². The average Bonchev–Trinajstić information content (AvgIpc) is 2.16. The second-order valence-electron chi connectivity index (χ2n) is 3.03. The number of carbonyl (C=O) groups is 1. The molecule has 1 rings (SSSR count). The van der Waals surface area contributed by atoms with E-state index in [1.165, 1.54) is 0 Å². The van der Waals surface area contributed by atoms with Crippen molar-refractivity contribution in [3.63, 3.8) is 0 Å². The third-order valence-corrected chi connectivity index (χ3v) is 2.80. The van der Waals surface area contributed by atoms with E-state index in [0.29, 0.717) is 5.02 Å². The first kappa shape index (κ1) is 12.6. The number of rotatable bonds is 4. The maximum atomic E-state index is 10.6. The maximum absolute atomic E-state index is 10.6. The molecule has 15 heavy (non-hydrogen) atoms. The third kappa shape index (κ3) is 4.25. The van der Waals surface area contributed by atoms with Crippen LogP contribution in [0.5, 0.6) is 0 Å². The largest absolute Gasteiger partial charge is 0.465 e. The molecular formula is C10H11ClINO2. The van der Waals surface area contributed by atoms with Crippen molar-refractivity contribution in [2.75, 3.05) is 4.43 Å². The Morgan fingerprint density at radius 2 is 2.33 bits per heavy atom. The van der Waals surface area contributed by atoms with Crippen molar-refractivity contribution in [3.05, 3.63) is 34.9 Å². The minimum atomic E-state index is -1.01. The lowest BCUT2D eigenvalue weighted by molar-refractivity contribution is 0.189. The summed E-state index contributed by atoms with van der Waals surface area (Å²) in [5.41, 5.74) is 0.904. The molecule has 1 aromatic carbocycles. The molecule has 82 valence electrons. The molecule has 0 saturated carbocycles. The summed E-state index contributed by atoms with van der Waals surface area (Å²) < 4.78 is 0.884. The van der Waals surface area contributed by atoms with Gasteiger partial charge in [-0.1, -0.05) is 46.3 Å². The van der Waals surface area contributed by atoms with Gasteiger partial charge in [-0.25, -0.2) is 4.79 Å². The lowest BCUT2D eigenvalue weighted by Crippen LogP contribution is -2.27. The number of halogens is 2. The fraction of sp³-hybridized carbons (Fsp3) is 0.300. The molecule has 1 amide bonds. The van der Waals surface area contributed by atoms with E-state index in [9.17, 15) is 4.79 Å². The van der Waals surface area contributed by atoms with E-state index in [2.05, 4.69) is 27.9 Å². The topological polar surface area (TPSA) is 49.3 Å². The fourth-order valence-corrected chi connectivity index (χ4v) is 2.13. The minimum absolute atomic E-state index is 0.182. The van der Waals surface area contributed by atoms with Gasteiger partial charge in [0.25, 0.3) is 0 Å². The molecule has 5 heteroatoms. The zero-order chi connectivity index (χ0) is 11.3. The molecule has 0 saturated heterocycles. The van der Waals surface area contributed by atoms with Crippen LogP contribution in [0.15, 0.2) is 24.3 Å². The highest BCUT2D eigenvalue weighted by atomic mass is 127. The third-order valence-electron chi connectivity index (χ3n) is 1.95. The number of amides is 1. The van der Waals surface area contributed by atoms with Gasteiger partial charge in [0.05, 0.1) is 6.04 Å². The van der Waals surface area contributed by atoms with Gasteiger partial charge < -0.3 is 10.4 Å². The van der Waals surface area contributed by atoms with Crippen molar-refractivity contribution in [2.45, 2.75) is 12.5 Å². The highest BCUT2D eigenvalue weighted by Crippen LogP contribution is 2.21. The van der Waals surface area contributed by atoms with Crippen LogP contribution in [0.25, 0.3) is 0 Å². The molecular weight excluding hydrogens is 328 g/mol. The van der Waals surface area contributed by atoms with Crippen LogP contribution >= 0.6 is 34.2 Å². The van der Waals surface area contributed by atoms with E-state index in [1.807, 2.05) is 12.1 Å². The Morgan fingerprint density at radius 1 is 1.60 bits per heavy atom. The first-order chi connectivity index (χ1) is 7.13. The first-order valence-electron chi connectivity index (χ1n) is 4.44. The average molecular weight is 340 g/mol. The fourth-order valence-electron chi connectivity index (χ4n) is 1.30. The summed E-state index contributed by atoms with van der Waals surface area (Å²) in [6.07, 6.45) is -0.252. The molecule has 0 aliphatic rings. The van der Waals surface area contributed by atoms with Gasteiger partial charge in [-0.2, -0.15) is 0 Å². The summed E-state index contributed by atoms with van der Waals surface area (Å²) in [7, 11) is 0. The molecule has 0 aromatic heterocycles. The molecule has 0 spiro atoms. The Morgan fingerprint density at radius 3 is 2.87 bits per heavy atom. The summed E-state index contributed by atoms with van der Waals surface area (Å²) in [6.45, 7) is 0. The van der Waals surface area contributed by atoms with E-state index in [1.54, 1.807) is 12.1 Å². The van der Waals surface area contributed by atoms with E-state index in [0.717, 1.165) is 16.4 Å². The van der Waals surface area contributed by atoms with Crippen LogP contribution in [0, 0.1) is 0 Å². The molecule has 3 nitrogen and oxygen atoms in total. The number of nitrogens with one attached hydrogen (secondary N) is 1. The lowest BCUT2D eigenvalue weighted by atomic mass is 10.1. The van der Waals surface area contributed by atoms with E-state index < -0.39 is 6.09 Å². The van der Waals surface area contributed by atoms with Gasteiger partial charge in [-0.3, -0.25) is 0 Å². The molecule has 1 unspecified atom stereocenters. The summed E-state index contributed by atoms with van der Waals surface area (Å²) in [4.78, 5) is 10.6. The van der Waals surface area contributed by atoms with Crippen LogP contribution in [0.4, 0.5) is 4.79 Å². The molecule has 1 aromatic rings. The van der Waals surface area contributed by atoms with Crippen molar-refractivity contribution < 1.29 is 9.90 Å². The number of hydrogen-bond acceptors (Lipinski definition) is 1. The Hall–Kier alpha value is -0.490. The lowest BCUT2D eigenvalue weighted by Gasteiger charge is -2.16. The maximum Gasteiger partial charge on any atom is 0.405 e. The van der Waals surface area contributed by atoms with E-state index in [-0.39, 0.29) is 6.04 Å². The van der Waals surface area contributed by atoms with Crippen LogP contribution in [0.1, 0.15) is 18.0 Å². The Kier molecular flexibility index (Phi) is 5.17. The van der Waals surface area contributed by atoms with Gasteiger partial charge in [0, 0.05) is 9.45 Å². The number of benzene rings is 1. The second kappa shape index (κ2) is 6.17. The number of alkyl halides is 1. The molecule has 0 bridgehead atoms. The molecule has 0 heterocycles. The van der Waals surface area contributed by atoms with E-state index >= 15 is 0 Å². The quantitative estimate of drug-likeness (QED) is 0.652. The summed E-state index contributed by atoms with van der Waals surface area (Å²) in [5, 5.41) is 11.8. The predicted octanol–water partition coefficient (Wildman–Crippen LogP) is 3.47. The molecule has 2 N–H and O–H groups in total.